The summed E-state index contributed by atoms with van der Waals surface area (Å²) >= 11 is 3.29. The minimum Gasteiger partial charge on any atom is -0.396 e. The number of pyridine rings is 1. The first-order valence-corrected chi connectivity index (χ1v) is 5.94. The molecule has 0 saturated carbocycles. The molecule has 1 aromatic heterocycles. The molecule has 1 fully saturated rings. The molecule has 2 heterocycles. The van der Waals surface area contributed by atoms with Crippen LogP contribution in [0.15, 0.2) is 16.9 Å². The van der Waals surface area contributed by atoms with Gasteiger partial charge in [0.1, 0.15) is 4.60 Å². The van der Waals surface area contributed by atoms with Crippen molar-refractivity contribution in [2.24, 2.45) is 5.92 Å². The smallest absolute Gasteiger partial charge is 0.227 e. The Labute approximate surface area is 102 Å². The van der Waals surface area contributed by atoms with E-state index in [1.807, 2.05) is 13.0 Å². The third-order valence-corrected chi connectivity index (χ3v) is 3.24. The molecule has 1 aliphatic heterocycles. The Balaban J connectivity index is 2.28. The molecule has 0 aliphatic carbocycles. The van der Waals surface area contributed by atoms with Gasteiger partial charge in [0.2, 0.25) is 5.91 Å². The van der Waals surface area contributed by atoms with E-state index in [0.29, 0.717) is 13.0 Å². The SMILES string of the molecule is Cc1cc(Br)ncc1N1CC(CO)CC1=O. The summed E-state index contributed by atoms with van der Waals surface area (Å²) < 4.78 is 0.763. The van der Waals surface area contributed by atoms with Crippen LogP contribution in [0.1, 0.15) is 12.0 Å². The molecule has 2 rings (SSSR count). The molecule has 16 heavy (non-hydrogen) atoms. The molecule has 0 radical (unpaired) electrons. The number of rotatable bonds is 2. The minimum atomic E-state index is 0.0514. The number of carbonyl (C=O) groups excluding carboxylic acids is 1. The van der Waals surface area contributed by atoms with Crippen molar-refractivity contribution in [3.8, 4) is 0 Å². The predicted molar refractivity (Wildman–Crippen MR) is 64.2 cm³/mol. The summed E-state index contributed by atoms with van der Waals surface area (Å²) in [6.45, 7) is 2.59. The first kappa shape index (κ1) is 11.5. The van der Waals surface area contributed by atoms with Gasteiger partial charge >= 0.3 is 0 Å². The third-order valence-electron chi connectivity index (χ3n) is 2.80. The fourth-order valence-electron chi connectivity index (χ4n) is 1.93. The Morgan fingerprint density at radius 1 is 1.69 bits per heavy atom. The second kappa shape index (κ2) is 4.51. The van der Waals surface area contributed by atoms with E-state index in [4.69, 9.17) is 5.11 Å². The molecule has 5 heteroatoms. The zero-order valence-corrected chi connectivity index (χ0v) is 10.6. The van der Waals surface area contributed by atoms with Gasteiger partial charge in [-0.3, -0.25) is 4.79 Å². The molecule has 1 unspecified atom stereocenters. The number of hydrogen-bond acceptors (Lipinski definition) is 3. The van der Waals surface area contributed by atoms with Crippen LogP contribution in [0.3, 0.4) is 0 Å². The van der Waals surface area contributed by atoms with Crippen LogP contribution < -0.4 is 4.90 Å². The van der Waals surface area contributed by atoms with Gasteiger partial charge in [-0.2, -0.15) is 0 Å². The van der Waals surface area contributed by atoms with E-state index in [0.717, 1.165) is 15.9 Å². The highest BCUT2D eigenvalue weighted by Crippen LogP contribution is 2.28. The monoisotopic (exact) mass is 284 g/mol. The van der Waals surface area contributed by atoms with E-state index < -0.39 is 0 Å². The van der Waals surface area contributed by atoms with Crippen molar-refractivity contribution in [1.29, 1.82) is 0 Å². The van der Waals surface area contributed by atoms with Crippen molar-refractivity contribution in [3.63, 3.8) is 0 Å². The third kappa shape index (κ3) is 2.10. The molecule has 1 saturated heterocycles. The number of hydrogen-bond donors (Lipinski definition) is 1. The summed E-state index contributed by atoms with van der Waals surface area (Å²) in [5.41, 5.74) is 1.85. The largest absolute Gasteiger partial charge is 0.396 e. The molecule has 1 aromatic rings. The number of aliphatic hydroxyl groups excluding tert-OH is 1. The molecule has 1 N–H and O–H groups in total. The fraction of sp³-hybridized carbons (Fsp3) is 0.455. The number of carbonyl (C=O) groups is 1. The Morgan fingerprint density at radius 3 is 3.00 bits per heavy atom. The standard InChI is InChI=1S/C11H13BrN2O2/c1-7-2-10(12)13-4-9(7)14-5-8(6-15)3-11(14)16/h2,4,8,15H,3,5-6H2,1H3. The van der Waals surface area contributed by atoms with Crippen LogP contribution in [-0.2, 0) is 4.79 Å². The van der Waals surface area contributed by atoms with Crippen molar-refractivity contribution in [3.05, 3.63) is 22.4 Å². The van der Waals surface area contributed by atoms with E-state index in [-0.39, 0.29) is 18.4 Å². The topological polar surface area (TPSA) is 53.4 Å². The average molecular weight is 285 g/mol. The molecule has 86 valence electrons. The lowest BCUT2D eigenvalue weighted by atomic mass is 10.1. The predicted octanol–water partition coefficient (Wildman–Crippen LogP) is 1.50. The van der Waals surface area contributed by atoms with Crippen molar-refractivity contribution >= 4 is 27.5 Å². The van der Waals surface area contributed by atoms with Gasteiger partial charge in [-0.15, -0.1) is 0 Å². The summed E-state index contributed by atoms with van der Waals surface area (Å²) in [6.07, 6.45) is 2.11. The van der Waals surface area contributed by atoms with E-state index >= 15 is 0 Å². The fourth-order valence-corrected chi connectivity index (χ4v) is 2.38. The number of anilines is 1. The highest BCUT2D eigenvalue weighted by Gasteiger charge is 2.30. The van der Waals surface area contributed by atoms with Crippen LogP contribution in [0, 0.1) is 12.8 Å². The molecule has 0 bridgehead atoms. The van der Waals surface area contributed by atoms with E-state index in [1.54, 1.807) is 11.1 Å². The Kier molecular flexibility index (Phi) is 3.25. The van der Waals surface area contributed by atoms with E-state index in [9.17, 15) is 4.79 Å². The van der Waals surface area contributed by atoms with Gasteiger partial charge in [0.05, 0.1) is 11.9 Å². The number of aromatic nitrogens is 1. The maximum Gasteiger partial charge on any atom is 0.227 e. The number of aliphatic hydroxyl groups is 1. The molecule has 0 spiro atoms. The Morgan fingerprint density at radius 2 is 2.44 bits per heavy atom. The van der Waals surface area contributed by atoms with Crippen LogP contribution >= 0.6 is 15.9 Å². The van der Waals surface area contributed by atoms with Crippen LogP contribution in [0.2, 0.25) is 0 Å². The molecule has 0 aromatic carbocycles. The van der Waals surface area contributed by atoms with Gasteiger partial charge in [0.15, 0.2) is 0 Å². The number of amides is 1. The molecule has 4 nitrogen and oxygen atoms in total. The minimum absolute atomic E-state index is 0.0514. The highest BCUT2D eigenvalue weighted by atomic mass is 79.9. The quantitative estimate of drug-likeness (QED) is 0.838. The lowest BCUT2D eigenvalue weighted by Gasteiger charge is -2.18. The van der Waals surface area contributed by atoms with Crippen LogP contribution in [-0.4, -0.2) is 29.1 Å². The van der Waals surface area contributed by atoms with Crippen LogP contribution in [0.4, 0.5) is 5.69 Å². The summed E-state index contributed by atoms with van der Waals surface area (Å²) in [4.78, 5) is 17.6. The summed E-state index contributed by atoms with van der Waals surface area (Å²) in [6, 6.07) is 1.88. The summed E-state index contributed by atoms with van der Waals surface area (Å²) in [5.74, 6) is 0.113. The lowest BCUT2D eigenvalue weighted by Crippen LogP contribution is -2.25. The van der Waals surface area contributed by atoms with Crippen molar-refractivity contribution in [1.82, 2.24) is 4.98 Å². The Hall–Kier alpha value is -0.940. The normalized spacial score (nSPS) is 20.6. The van der Waals surface area contributed by atoms with E-state index in [1.165, 1.54) is 0 Å². The molecule has 1 atom stereocenters. The average Bonchev–Trinajstić information content (AvgIpc) is 2.60. The van der Waals surface area contributed by atoms with E-state index in [2.05, 4.69) is 20.9 Å². The number of halogens is 1. The van der Waals surface area contributed by atoms with Gasteiger partial charge in [-0.05, 0) is 34.5 Å². The van der Waals surface area contributed by atoms with Crippen molar-refractivity contribution in [2.45, 2.75) is 13.3 Å². The van der Waals surface area contributed by atoms with Crippen molar-refractivity contribution in [2.75, 3.05) is 18.1 Å². The van der Waals surface area contributed by atoms with Crippen LogP contribution in [0.25, 0.3) is 0 Å². The lowest BCUT2D eigenvalue weighted by molar-refractivity contribution is -0.117. The molecule has 1 aliphatic rings. The van der Waals surface area contributed by atoms with Gasteiger partial charge in [0, 0.05) is 25.5 Å². The summed E-state index contributed by atoms with van der Waals surface area (Å²) in [5, 5.41) is 9.06. The highest BCUT2D eigenvalue weighted by molar-refractivity contribution is 9.10. The molecular formula is C11H13BrN2O2. The zero-order valence-electron chi connectivity index (χ0n) is 8.98. The second-order valence-electron chi connectivity index (χ2n) is 4.05. The zero-order chi connectivity index (χ0) is 11.7. The van der Waals surface area contributed by atoms with Gasteiger partial charge in [-0.1, -0.05) is 0 Å². The maximum absolute atomic E-state index is 11.8. The Bertz CT molecular complexity index is 422. The van der Waals surface area contributed by atoms with Crippen LogP contribution in [0.5, 0.6) is 0 Å². The molecular weight excluding hydrogens is 272 g/mol. The van der Waals surface area contributed by atoms with Gasteiger partial charge < -0.3 is 10.0 Å². The van der Waals surface area contributed by atoms with Gasteiger partial charge in [-0.25, -0.2) is 4.98 Å². The molecule has 1 amide bonds. The first-order chi connectivity index (χ1) is 7.61. The number of nitrogens with zero attached hydrogens (tertiary/aromatic N) is 2. The maximum atomic E-state index is 11.8. The second-order valence-corrected chi connectivity index (χ2v) is 4.86. The summed E-state index contributed by atoms with van der Waals surface area (Å²) in [7, 11) is 0. The van der Waals surface area contributed by atoms with Crippen molar-refractivity contribution < 1.29 is 9.90 Å². The number of aryl methyl sites for hydroxylation is 1. The van der Waals surface area contributed by atoms with Gasteiger partial charge in [0.25, 0.3) is 0 Å². The first-order valence-electron chi connectivity index (χ1n) is 5.15.